The van der Waals surface area contributed by atoms with Gasteiger partial charge in [-0.15, -0.1) is 0 Å². The maximum absolute atomic E-state index is 13.7. The minimum absolute atomic E-state index is 0.259. The minimum Gasteiger partial charge on any atom is -0.383 e. The molecule has 116 valence electrons. The summed E-state index contributed by atoms with van der Waals surface area (Å²) < 4.78 is 18.8. The summed E-state index contributed by atoms with van der Waals surface area (Å²) in [6.45, 7) is 7.75. The fourth-order valence-electron chi connectivity index (χ4n) is 2.20. The first-order chi connectivity index (χ1) is 10.0. The second kappa shape index (κ2) is 9.51. The summed E-state index contributed by atoms with van der Waals surface area (Å²) in [5.41, 5.74) is 6.95. The van der Waals surface area contributed by atoms with E-state index < -0.39 is 0 Å². The molecule has 2 N–H and O–H groups in total. The Labute approximate surface area is 127 Å². The molecule has 0 atom stereocenters. The van der Waals surface area contributed by atoms with Gasteiger partial charge in [0.2, 0.25) is 0 Å². The molecule has 0 amide bonds. The molecule has 0 aliphatic carbocycles. The van der Waals surface area contributed by atoms with Crippen molar-refractivity contribution in [2.24, 2.45) is 11.7 Å². The van der Waals surface area contributed by atoms with Gasteiger partial charge in [-0.3, -0.25) is 4.90 Å². The van der Waals surface area contributed by atoms with Crippen molar-refractivity contribution in [3.05, 3.63) is 35.1 Å². The van der Waals surface area contributed by atoms with Crippen molar-refractivity contribution in [1.29, 1.82) is 0 Å². The third-order valence-electron chi connectivity index (χ3n) is 2.93. The van der Waals surface area contributed by atoms with Crippen LogP contribution in [0.3, 0.4) is 0 Å². The predicted molar refractivity (Wildman–Crippen MR) is 84.3 cm³/mol. The van der Waals surface area contributed by atoms with Gasteiger partial charge in [0.15, 0.2) is 0 Å². The van der Waals surface area contributed by atoms with Crippen molar-refractivity contribution < 1.29 is 9.13 Å². The highest BCUT2D eigenvalue weighted by Crippen LogP contribution is 2.12. The van der Waals surface area contributed by atoms with Crippen molar-refractivity contribution in [2.75, 3.05) is 33.4 Å². The topological polar surface area (TPSA) is 38.5 Å². The molecule has 0 unspecified atom stereocenters. The van der Waals surface area contributed by atoms with Crippen LogP contribution in [-0.2, 0) is 11.3 Å². The summed E-state index contributed by atoms with van der Waals surface area (Å²) >= 11 is 0. The summed E-state index contributed by atoms with van der Waals surface area (Å²) in [5, 5.41) is 0. The molecule has 0 aliphatic rings. The Bertz CT molecular complexity index is 491. The Morgan fingerprint density at radius 3 is 2.71 bits per heavy atom. The Kier molecular flexibility index (Phi) is 7.99. The average Bonchev–Trinajstić information content (AvgIpc) is 2.41. The lowest BCUT2D eigenvalue weighted by Gasteiger charge is -2.24. The second-order valence-electron chi connectivity index (χ2n) is 5.48. The monoisotopic (exact) mass is 292 g/mol. The molecule has 0 aliphatic heterocycles. The van der Waals surface area contributed by atoms with Crippen LogP contribution in [0.1, 0.15) is 25.0 Å². The average molecular weight is 292 g/mol. The standard InChI is InChI=1S/C17H25FN2O/c1-14(2)12-20(7-8-21-3)13-16-9-15(5-4-6-19)10-17(18)11-16/h9-11,14H,6-8,12-13,19H2,1-3H3. The number of methoxy groups -OCH3 is 1. The largest absolute Gasteiger partial charge is 0.383 e. The van der Waals surface area contributed by atoms with Gasteiger partial charge in [0.25, 0.3) is 0 Å². The zero-order valence-corrected chi connectivity index (χ0v) is 13.2. The van der Waals surface area contributed by atoms with E-state index in [2.05, 4.69) is 30.6 Å². The van der Waals surface area contributed by atoms with Crippen molar-refractivity contribution in [1.82, 2.24) is 4.90 Å². The summed E-state index contributed by atoms with van der Waals surface area (Å²) in [6, 6.07) is 4.92. The van der Waals surface area contributed by atoms with Crippen LogP contribution in [0.5, 0.6) is 0 Å². The van der Waals surface area contributed by atoms with Crippen LogP contribution in [0.15, 0.2) is 18.2 Å². The van der Waals surface area contributed by atoms with Crippen molar-refractivity contribution in [2.45, 2.75) is 20.4 Å². The number of hydrogen-bond acceptors (Lipinski definition) is 3. The molecule has 0 radical (unpaired) electrons. The number of ether oxygens (including phenoxy) is 1. The van der Waals surface area contributed by atoms with Gasteiger partial charge in [-0.1, -0.05) is 25.7 Å². The van der Waals surface area contributed by atoms with Crippen molar-refractivity contribution in [3.8, 4) is 11.8 Å². The van der Waals surface area contributed by atoms with Crippen molar-refractivity contribution >= 4 is 0 Å². The summed E-state index contributed by atoms with van der Waals surface area (Å²) in [4.78, 5) is 2.27. The second-order valence-corrected chi connectivity index (χ2v) is 5.48. The lowest BCUT2D eigenvalue weighted by atomic mass is 10.1. The lowest BCUT2D eigenvalue weighted by Crippen LogP contribution is -2.30. The molecule has 0 saturated carbocycles. The molecule has 0 fully saturated rings. The maximum Gasteiger partial charge on any atom is 0.124 e. The molecule has 4 heteroatoms. The number of nitrogens with zero attached hydrogens (tertiary/aromatic N) is 1. The van der Waals surface area contributed by atoms with Crippen molar-refractivity contribution in [3.63, 3.8) is 0 Å². The zero-order chi connectivity index (χ0) is 15.7. The van der Waals surface area contributed by atoms with Gasteiger partial charge in [-0.2, -0.15) is 0 Å². The molecule has 1 aromatic rings. The molecule has 0 bridgehead atoms. The lowest BCUT2D eigenvalue weighted by molar-refractivity contribution is 0.136. The highest BCUT2D eigenvalue weighted by atomic mass is 19.1. The van der Waals surface area contributed by atoms with E-state index in [1.54, 1.807) is 13.2 Å². The van der Waals surface area contributed by atoms with Crippen LogP contribution >= 0.6 is 0 Å². The molecular formula is C17H25FN2O. The van der Waals surface area contributed by atoms with Crippen LogP contribution < -0.4 is 5.73 Å². The van der Waals surface area contributed by atoms with E-state index in [1.807, 2.05) is 6.07 Å². The Hall–Kier alpha value is -1.41. The van der Waals surface area contributed by atoms with Crippen LogP contribution in [0, 0.1) is 23.6 Å². The zero-order valence-electron chi connectivity index (χ0n) is 13.2. The van der Waals surface area contributed by atoms with Gasteiger partial charge in [0.1, 0.15) is 5.82 Å². The summed E-state index contributed by atoms with van der Waals surface area (Å²) in [5.74, 6) is 5.93. The van der Waals surface area contributed by atoms with E-state index >= 15 is 0 Å². The van der Waals surface area contributed by atoms with E-state index in [-0.39, 0.29) is 12.4 Å². The van der Waals surface area contributed by atoms with Crippen LogP contribution in [-0.4, -0.2) is 38.3 Å². The van der Waals surface area contributed by atoms with Crippen LogP contribution in [0.25, 0.3) is 0 Å². The van der Waals surface area contributed by atoms with Gasteiger partial charge >= 0.3 is 0 Å². The Balaban J connectivity index is 2.83. The van der Waals surface area contributed by atoms with Gasteiger partial charge in [-0.25, -0.2) is 4.39 Å². The first-order valence-electron chi connectivity index (χ1n) is 7.24. The molecule has 1 rings (SSSR count). The third kappa shape index (κ3) is 7.24. The van der Waals surface area contributed by atoms with Gasteiger partial charge in [0, 0.05) is 32.3 Å². The van der Waals surface area contributed by atoms with E-state index in [1.165, 1.54) is 6.07 Å². The normalized spacial score (nSPS) is 10.8. The molecule has 21 heavy (non-hydrogen) atoms. The highest BCUT2D eigenvalue weighted by molar-refractivity contribution is 5.38. The molecule has 0 heterocycles. The van der Waals surface area contributed by atoms with Gasteiger partial charge < -0.3 is 10.5 Å². The van der Waals surface area contributed by atoms with Gasteiger partial charge in [-0.05, 0) is 29.7 Å². The molecular weight excluding hydrogens is 267 g/mol. The molecule has 0 aromatic heterocycles. The predicted octanol–water partition coefficient (Wildman–Crippen LogP) is 2.24. The molecule has 3 nitrogen and oxygen atoms in total. The fraction of sp³-hybridized carbons (Fsp3) is 0.529. The SMILES string of the molecule is COCCN(Cc1cc(F)cc(C#CCN)c1)CC(C)C. The maximum atomic E-state index is 13.7. The minimum atomic E-state index is -0.259. The number of benzene rings is 1. The Morgan fingerprint density at radius 2 is 2.10 bits per heavy atom. The fourth-order valence-corrected chi connectivity index (χ4v) is 2.20. The first-order valence-corrected chi connectivity index (χ1v) is 7.24. The molecule has 0 spiro atoms. The van der Waals surface area contributed by atoms with E-state index in [4.69, 9.17) is 10.5 Å². The summed E-state index contributed by atoms with van der Waals surface area (Å²) in [6.07, 6.45) is 0. The smallest absolute Gasteiger partial charge is 0.124 e. The van der Waals surface area contributed by atoms with E-state index in [0.717, 1.165) is 18.7 Å². The van der Waals surface area contributed by atoms with E-state index in [9.17, 15) is 4.39 Å². The number of nitrogens with two attached hydrogens (primary N) is 1. The number of halogens is 1. The van der Waals surface area contributed by atoms with Crippen LogP contribution in [0.2, 0.25) is 0 Å². The van der Waals surface area contributed by atoms with Crippen LogP contribution in [0.4, 0.5) is 4.39 Å². The quantitative estimate of drug-likeness (QED) is 0.783. The highest BCUT2D eigenvalue weighted by Gasteiger charge is 2.09. The number of hydrogen-bond donors (Lipinski definition) is 1. The van der Waals surface area contributed by atoms with E-state index in [0.29, 0.717) is 24.6 Å². The van der Waals surface area contributed by atoms with Gasteiger partial charge in [0.05, 0.1) is 13.2 Å². The Morgan fingerprint density at radius 1 is 1.33 bits per heavy atom. The third-order valence-corrected chi connectivity index (χ3v) is 2.93. The summed E-state index contributed by atoms with van der Waals surface area (Å²) in [7, 11) is 1.69. The molecule has 0 saturated heterocycles. The first kappa shape index (κ1) is 17.6. The number of rotatable bonds is 7. The molecule has 1 aromatic carbocycles.